The number of hydrogen-bond acceptors (Lipinski definition) is 2. The van der Waals surface area contributed by atoms with Crippen LogP contribution in [0.15, 0.2) is 0 Å². The smallest absolute Gasteiger partial charge is 0.320 e. The van der Waals surface area contributed by atoms with Gasteiger partial charge in [-0.2, -0.15) is 0 Å². The molecule has 0 aromatic carbocycles. The zero-order valence-electron chi connectivity index (χ0n) is 12.0. The number of nitrogens with one attached hydrogen (secondary N) is 1. The van der Waals surface area contributed by atoms with Gasteiger partial charge in [0.25, 0.3) is 0 Å². The van der Waals surface area contributed by atoms with E-state index in [-0.39, 0.29) is 6.04 Å². The summed E-state index contributed by atoms with van der Waals surface area (Å²) in [4.78, 5) is 11.1. The van der Waals surface area contributed by atoms with E-state index in [0.29, 0.717) is 5.92 Å². The molecule has 3 heteroatoms. The molecule has 1 unspecified atom stereocenters. The van der Waals surface area contributed by atoms with Crippen LogP contribution in [-0.2, 0) is 4.79 Å². The minimum atomic E-state index is -0.689. The van der Waals surface area contributed by atoms with Crippen LogP contribution in [0.5, 0.6) is 0 Å². The second-order valence-corrected chi connectivity index (χ2v) is 5.74. The highest BCUT2D eigenvalue weighted by atomic mass is 16.4. The van der Waals surface area contributed by atoms with Crippen molar-refractivity contribution in [3.8, 4) is 0 Å². The molecule has 0 saturated heterocycles. The fourth-order valence-corrected chi connectivity index (χ4v) is 2.87. The van der Waals surface area contributed by atoms with Crippen molar-refractivity contribution >= 4 is 5.97 Å². The monoisotopic (exact) mass is 255 g/mol. The molecule has 0 radical (unpaired) electrons. The van der Waals surface area contributed by atoms with Gasteiger partial charge in [0.1, 0.15) is 6.04 Å². The molecule has 0 aromatic heterocycles. The summed E-state index contributed by atoms with van der Waals surface area (Å²) in [5.74, 6) is 0.915. The molecule has 0 aliphatic heterocycles. The van der Waals surface area contributed by atoms with Crippen LogP contribution in [0.25, 0.3) is 0 Å². The molecular formula is C15H29NO2. The molecule has 3 nitrogen and oxygen atoms in total. The Morgan fingerprint density at radius 3 is 2.33 bits per heavy atom. The predicted octanol–water partition coefficient (Wildman–Crippen LogP) is 3.44. The van der Waals surface area contributed by atoms with Gasteiger partial charge in [-0.25, -0.2) is 0 Å². The van der Waals surface area contributed by atoms with E-state index < -0.39 is 5.97 Å². The summed E-state index contributed by atoms with van der Waals surface area (Å²) < 4.78 is 0. The Morgan fingerprint density at radius 1 is 1.22 bits per heavy atom. The van der Waals surface area contributed by atoms with Crippen LogP contribution in [0.1, 0.15) is 65.2 Å². The lowest BCUT2D eigenvalue weighted by molar-refractivity contribution is -0.139. The van der Waals surface area contributed by atoms with Gasteiger partial charge in [0, 0.05) is 0 Å². The molecule has 1 atom stereocenters. The van der Waals surface area contributed by atoms with Crippen molar-refractivity contribution in [3.05, 3.63) is 0 Å². The number of rotatable bonds is 8. The molecule has 18 heavy (non-hydrogen) atoms. The first-order valence-corrected chi connectivity index (χ1v) is 7.63. The van der Waals surface area contributed by atoms with Gasteiger partial charge >= 0.3 is 5.97 Å². The molecule has 0 spiro atoms. The minimum absolute atomic E-state index is 0.339. The summed E-state index contributed by atoms with van der Waals surface area (Å²) in [6.07, 6.45) is 9.31. The topological polar surface area (TPSA) is 49.3 Å². The lowest BCUT2D eigenvalue weighted by Crippen LogP contribution is -2.40. The normalized spacial score (nSPS) is 25.9. The molecule has 1 rings (SSSR count). The van der Waals surface area contributed by atoms with Gasteiger partial charge in [-0.3, -0.25) is 4.79 Å². The SMILES string of the molecule is CCCCC(NCC1CCC(CC)CC1)C(=O)O. The van der Waals surface area contributed by atoms with Crippen LogP contribution in [0.2, 0.25) is 0 Å². The Balaban J connectivity index is 2.23. The number of aliphatic carboxylic acids is 1. The fourth-order valence-electron chi connectivity index (χ4n) is 2.87. The van der Waals surface area contributed by atoms with Gasteiger partial charge in [0.05, 0.1) is 0 Å². The number of carboxylic acid groups (broad SMARTS) is 1. The maximum absolute atomic E-state index is 11.1. The molecule has 1 saturated carbocycles. The number of unbranched alkanes of at least 4 members (excludes halogenated alkanes) is 1. The molecular weight excluding hydrogens is 226 g/mol. The second-order valence-electron chi connectivity index (χ2n) is 5.74. The van der Waals surface area contributed by atoms with Crippen molar-refractivity contribution in [3.63, 3.8) is 0 Å². The van der Waals surface area contributed by atoms with E-state index in [1.807, 2.05) is 0 Å². The van der Waals surface area contributed by atoms with E-state index in [1.165, 1.54) is 32.1 Å². The van der Waals surface area contributed by atoms with Crippen LogP contribution in [0.3, 0.4) is 0 Å². The Morgan fingerprint density at radius 2 is 1.83 bits per heavy atom. The molecule has 2 N–H and O–H groups in total. The van der Waals surface area contributed by atoms with Crippen molar-refractivity contribution in [2.45, 2.75) is 71.3 Å². The Labute approximate surface area is 111 Å². The van der Waals surface area contributed by atoms with Crippen molar-refractivity contribution in [1.29, 1.82) is 0 Å². The molecule has 0 aromatic rings. The zero-order chi connectivity index (χ0) is 13.4. The minimum Gasteiger partial charge on any atom is -0.480 e. The standard InChI is InChI=1S/C15H29NO2/c1-3-5-6-14(15(17)18)16-11-13-9-7-12(4-2)8-10-13/h12-14,16H,3-11H2,1-2H3,(H,17,18). The summed E-state index contributed by atoms with van der Waals surface area (Å²) in [5, 5.41) is 12.4. The Hall–Kier alpha value is -0.570. The van der Waals surface area contributed by atoms with E-state index in [1.54, 1.807) is 0 Å². The number of carboxylic acids is 1. The van der Waals surface area contributed by atoms with Gasteiger partial charge in [-0.05, 0) is 37.6 Å². The highest BCUT2D eigenvalue weighted by Gasteiger charge is 2.22. The highest BCUT2D eigenvalue weighted by Crippen LogP contribution is 2.30. The van der Waals surface area contributed by atoms with Crippen molar-refractivity contribution in [2.75, 3.05) is 6.54 Å². The average molecular weight is 255 g/mol. The van der Waals surface area contributed by atoms with E-state index in [4.69, 9.17) is 5.11 Å². The third-order valence-corrected chi connectivity index (χ3v) is 4.34. The van der Waals surface area contributed by atoms with Crippen LogP contribution in [-0.4, -0.2) is 23.7 Å². The quantitative estimate of drug-likeness (QED) is 0.698. The summed E-state index contributed by atoms with van der Waals surface area (Å²) >= 11 is 0. The number of carbonyl (C=O) groups is 1. The first-order valence-electron chi connectivity index (χ1n) is 7.63. The lowest BCUT2D eigenvalue weighted by Gasteiger charge is -2.28. The van der Waals surface area contributed by atoms with Crippen molar-refractivity contribution in [2.24, 2.45) is 11.8 Å². The molecule has 1 aliphatic rings. The largest absolute Gasteiger partial charge is 0.480 e. The second kappa shape index (κ2) is 8.52. The molecule has 0 amide bonds. The zero-order valence-corrected chi connectivity index (χ0v) is 12.0. The Kier molecular flexibility index (Phi) is 7.33. The predicted molar refractivity (Wildman–Crippen MR) is 74.7 cm³/mol. The van der Waals surface area contributed by atoms with Crippen LogP contribution in [0, 0.1) is 11.8 Å². The first kappa shape index (κ1) is 15.5. The van der Waals surface area contributed by atoms with E-state index in [9.17, 15) is 4.79 Å². The van der Waals surface area contributed by atoms with Gasteiger partial charge in [0.2, 0.25) is 0 Å². The first-order chi connectivity index (χ1) is 8.67. The van der Waals surface area contributed by atoms with Gasteiger partial charge in [-0.1, -0.05) is 46.0 Å². The van der Waals surface area contributed by atoms with E-state index in [2.05, 4.69) is 19.2 Å². The maximum atomic E-state index is 11.1. The summed E-state index contributed by atoms with van der Waals surface area (Å²) in [6.45, 7) is 5.26. The average Bonchev–Trinajstić information content (AvgIpc) is 2.39. The fraction of sp³-hybridized carbons (Fsp3) is 0.933. The summed E-state index contributed by atoms with van der Waals surface area (Å²) in [7, 11) is 0. The van der Waals surface area contributed by atoms with Crippen molar-refractivity contribution < 1.29 is 9.90 Å². The molecule has 1 aliphatic carbocycles. The third kappa shape index (κ3) is 5.38. The van der Waals surface area contributed by atoms with Crippen LogP contribution >= 0.6 is 0 Å². The summed E-state index contributed by atoms with van der Waals surface area (Å²) in [6, 6.07) is -0.339. The van der Waals surface area contributed by atoms with Gasteiger partial charge in [0.15, 0.2) is 0 Å². The molecule has 0 heterocycles. The van der Waals surface area contributed by atoms with Crippen LogP contribution in [0.4, 0.5) is 0 Å². The Bertz CT molecular complexity index is 235. The number of hydrogen-bond donors (Lipinski definition) is 2. The third-order valence-electron chi connectivity index (χ3n) is 4.34. The van der Waals surface area contributed by atoms with Gasteiger partial charge in [-0.15, -0.1) is 0 Å². The van der Waals surface area contributed by atoms with E-state index in [0.717, 1.165) is 31.7 Å². The molecule has 106 valence electrons. The highest BCUT2D eigenvalue weighted by molar-refractivity contribution is 5.73. The summed E-state index contributed by atoms with van der Waals surface area (Å²) in [5.41, 5.74) is 0. The maximum Gasteiger partial charge on any atom is 0.320 e. The van der Waals surface area contributed by atoms with Gasteiger partial charge < -0.3 is 10.4 Å². The van der Waals surface area contributed by atoms with E-state index >= 15 is 0 Å². The lowest BCUT2D eigenvalue weighted by atomic mass is 9.81. The molecule has 1 fully saturated rings. The van der Waals surface area contributed by atoms with Crippen LogP contribution < -0.4 is 5.32 Å². The van der Waals surface area contributed by atoms with Crippen molar-refractivity contribution in [1.82, 2.24) is 5.32 Å². The molecule has 0 bridgehead atoms.